The highest BCUT2D eigenvalue weighted by Crippen LogP contribution is 2.26. The van der Waals surface area contributed by atoms with Crippen LogP contribution in [0.15, 0.2) is 54.7 Å². The lowest BCUT2D eigenvalue weighted by molar-refractivity contribution is 0.0691. The van der Waals surface area contributed by atoms with Crippen LogP contribution in [0.5, 0.6) is 0 Å². The van der Waals surface area contributed by atoms with Crippen molar-refractivity contribution in [2.45, 2.75) is 13.8 Å². The van der Waals surface area contributed by atoms with Gasteiger partial charge >= 0.3 is 5.97 Å². The van der Waals surface area contributed by atoms with Gasteiger partial charge in [0.15, 0.2) is 5.69 Å². The molecule has 0 fully saturated rings. The van der Waals surface area contributed by atoms with Crippen LogP contribution in [-0.2, 0) is 0 Å². The van der Waals surface area contributed by atoms with Gasteiger partial charge in [0.1, 0.15) is 5.82 Å². The molecule has 3 rings (SSSR count). The number of aromatic nitrogens is 2. The predicted molar refractivity (Wildman–Crippen MR) is 85.4 cm³/mol. The van der Waals surface area contributed by atoms with Gasteiger partial charge in [0.05, 0.1) is 5.69 Å². The highest BCUT2D eigenvalue weighted by molar-refractivity contribution is 5.86. The van der Waals surface area contributed by atoms with E-state index in [1.54, 1.807) is 6.20 Å². The summed E-state index contributed by atoms with van der Waals surface area (Å²) in [7, 11) is 0. The number of aryl methyl sites for hydroxylation is 1. The molecule has 0 aliphatic heterocycles. The molecule has 4 heteroatoms. The molecule has 0 radical (unpaired) electrons. The summed E-state index contributed by atoms with van der Waals surface area (Å²) in [5.41, 5.74) is 4.13. The molecule has 1 N–H and O–H groups in total. The van der Waals surface area contributed by atoms with E-state index in [0.717, 1.165) is 22.4 Å². The Kier molecular flexibility index (Phi) is 3.51. The maximum absolute atomic E-state index is 11.3. The van der Waals surface area contributed by atoms with E-state index in [2.05, 4.69) is 4.98 Å². The average molecular weight is 292 g/mol. The third kappa shape index (κ3) is 2.39. The number of hydrogen-bond acceptors (Lipinski definition) is 2. The van der Waals surface area contributed by atoms with Gasteiger partial charge < -0.3 is 5.11 Å². The molecule has 0 saturated carbocycles. The number of benzene rings is 2. The number of carboxylic acid groups (broad SMARTS) is 1. The molecule has 0 unspecified atom stereocenters. The number of hydrogen-bond donors (Lipinski definition) is 1. The summed E-state index contributed by atoms with van der Waals surface area (Å²) in [6, 6.07) is 15.6. The SMILES string of the molecule is Cc1cccc(-n2cc(C(=O)O)nc2-c2ccccc2)c1C. The number of aromatic carboxylic acids is 1. The summed E-state index contributed by atoms with van der Waals surface area (Å²) in [6.07, 6.45) is 1.58. The van der Waals surface area contributed by atoms with Crippen LogP contribution in [0, 0.1) is 13.8 Å². The summed E-state index contributed by atoms with van der Waals surface area (Å²) in [6.45, 7) is 4.07. The molecule has 0 bridgehead atoms. The molecule has 2 aromatic carbocycles. The Balaban J connectivity index is 2.26. The molecule has 22 heavy (non-hydrogen) atoms. The maximum atomic E-state index is 11.3. The van der Waals surface area contributed by atoms with Gasteiger partial charge in [-0.3, -0.25) is 4.57 Å². The third-order valence-electron chi connectivity index (χ3n) is 3.79. The number of nitrogens with zero attached hydrogens (tertiary/aromatic N) is 2. The Bertz CT molecular complexity index is 836. The third-order valence-corrected chi connectivity index (χ3v) is 3.79. The molecule has 110 valence electrons. The van der Waals surface area contributed by atoms with Crippen LogP contribution in [0.1, 0.15) is 21.6 Å². The molecule has 1 heterocycles. The van der Waals surface area contributed by atoms with Crippen LogP contribution in [0.2, 0.25) is 0 Å². The fraction of sp³-hybridized carbons (Fsp3) is 0.111. The second kappa shape index (κ2) is 5.48. The lowest BCUT2D eigenvalue weighted by Crippen LogP contribution is -2.00. The Labute approximate surface area is 128 Å². The first-order valence-corrected chi connectivity index (χ1v) is 7.02. The van der Waals surface area contributed by atoms with E-state index in [4.69, 9.17) is 0 Å². The van der Waals surface area contributed by atoms with Crippen molar-refractivity contribution >= 4 is 5.97 Å². The first-order chi connectivity index (χ1) is 10.6. The van der Waals surface area contributed by atoms with E-state index in [0.29, 0.717) is 5.82 Å². The molecule has 4 nitrogen and oxygen atoms in total. The monoisotopic (exact) mass is 292 g/mol. The van der Waals surface area contributed by atoms with Gasteiger partial charge in [0, 0.05) is 11.8 Å². The largest absolute Gasteiger partial charge is 0.476 e. The fourth-order valence-electron chi connectivity index (χ4n) is 2.45. The van der Waals surface area contributed by atoms with Gasteiger partial charge in [0.2, 0.25) is 0 Å². The van der Waals surface area contributed by atoms with E-state index in [-0.39, 0.29) is 5.69 Å². The normalized spacial score (nSPS) is 10.6. The van der Waals surface area contributed by atoms with Gasteiger partial charge in [-0.15, -0.1) is 0 Å². The standard InChI is InChI=1S/C18H16N2O2/c1-12-7-6-10-16(13(12)2)20-11-15(18(21)22)19-17(20)14-8-4-3-5-9-14/h3-11H,1-2H3,(H,21,22). The van der Waals surface area contributed by atoms with E-state index in [1.807, 2.05) is 66.9 Å². The number of carboxylic acids is 1. The quantitative estimate of drug-likeness (QED) is 0.797. The van der Waals surface area contributed by atoms with Crippen molar-refractivity contribution in [3.05, 3.63) is 71.5 Å². The highest BCUT2D eigenvalue weighted by atomic mass is 16.4. The van der Waals surface area contributed by atoms with Crippen LogP contribution in [0.4, 0.5) is 0 Å². The van der Waals surface area contributed by atoms with E-state index < -0.39 is 5.97 Å². The molecular formula is C18H16N2O2. The summed E-state index contributed by atoms with van der Waals surface area (Å²) in [5, 5.41) is 9.26. The number of rotatable bonds is 3. The first kappa shape index (κ1) is 14.1. The molecule has 0 aliphatic carbocycles. The Morgan fingerprint density at radius 3 is 2.45 bits per heavy atom. The molecule has 0 saturated heterocycles. The van der Waals surface area contributed by atoms with Crippen LogP contribution in [0.25, 0.3) is 17.1 Å². The summed E-state index contributed by atoms with van der Waals surface area (Å²) in [4.78, 5) is 15.6. The second-order valence-corrected chi connectivity index (χ2v) is 5.21. The second-order valence-electron chi connectivity index (χ2n) is 5.21. The van der Waals surface area contributed by atoms with Crippen molar-refractivity contribution in [2.24, 2.45) is 0 Å². The molecule has 1 aromatic heterocycles. The topological polar surface area (TPSA) is 55.1 Å². The minimum atomic E-state index is -1.03. The highest BCUT2D eigenvalue weighted by Gasteiger charge is 2.17. The fourth-order valence-corrected chi connectivity index (χ4v) is 2.45. The van der Waals surface area contributed by atoms with E-state index in [1.165, 1.54) is 0 Å². The zero-order valence-electron chi connectivity index (χ0n) is 12.4. The van der Waals surface area contributed by atoms with Crippen molar-refractivity contribution in [3.8, 4) is 17.1 Å². The average Bonchev–Trinajstić information content (AvgIpc) is 2.96. The number of imidazole rings is 1. The minimum absolute atomic E-state index is 0.0414. The van der Waals surface area contributed by atoms with Gasteiger partial charge in [-0.05, 0) is 31.0 Å². The van der Waals surface area contributed by atoms with Crippen LogP contribution in [0.3, 0.4) is 0 Å². The summed E-state index contributed by atoms with van der Waals surface area (Å²) >= 11 is 0. The lowest BCUT2D eigenvalue weighted by atomic mass is 10.1. The minimum Gasteiger partial charge on any atom is -0.476 e. The Morgan fingerprint density at radius 1 is 1.05 bits per heavy atom. The molecular weight excluding hydrogens is 276 g/mol. The van der Waals surface area contributed by atoms with Crippen molar-refractivity contribution < 1.29 is 9.90 Å². The van der Waals surface area contributed by atoms with Gasteiger partial charge in [-0.2, -0.15) is 0 Å². The van der Waals surface area contributed by atoms with E-state index >= 15 is 0 Å². The smallest absolute Gasteiger partial charge is 0.356 e. The summed E-state index contributed by atoms with van der Waals surface area (Å²) < 4.78 is 1.85. The molecule has 0 aliphatic rings. The van der Waals surface area contributed by atoms with Gasteiger partial charge in [0.25, 0.3) is 0 Å². The van der Waals surface area contributed by atoms with Crippen LogP contribution >= 0.6 is 0 Å². The van der Waals surface area contributed by atoms with Gasteiger partial charge in [-0.1, -0.05) is 42.5 Å². The van der Waals surface area contributed by atoms with Crippen LogP contribution in [-0.4, -0.2) is 20.6 Å². The molecule has 0 spiro atoms. The van der Waals surface area contributed by atoms with Crippen molar-refractivity contribution in [1.82, 2.24) is 9.55 Å². The van der Waals surface area contributed by atoms with E-state index in [9.17, 15) is 9.90 Å². The summed E-state index contributed by atoms with van der Waals surface area (Å²) in [5.74, 6) is -0.395. The van der Waals surface area contributed by atoms with Gasteiger partial charge in [-0.25, -0.2) is 9.78 Å². The molecule has 3 aromatic rings. The number of carbonyl (C=O) groups is 1. The molecule has 0 amide bonds. The molecule has 0 atom stereocenters. The van der Waals surface area contributed by atoms with Crippen molar-refractivity contribution in [2.75, 3.05) is 0 Å². The zero-order chi connectivity index (χ0) is 15.7. The predicted octanol–water partition coefficient (Wildman–Crippen LogP) is 3.85. The van der Waals surface area contributed by atoms with Crippen molar-refractivity contribution in [1.29, 1.82) is 0 Å². The maximum Gasteiger partial charge on any atom is 0.356 e. The Morgan fingerprint density at radius 2 is 1.77 bits per heavy atom. The lowest BCUT2D eigenvalue weighted by Gasteiger charge is -2.12. The van der Waals surface area contributed by atoms with Crippen molar-refractivity contribution in [3.63, 3.8) is 0 Å². The van der Waals surface area contributed by atoms with Crippen LogP contribution < -0.4 is 0 Å². The zero-order valence-corrected chi connectivity index (χ0v) is 12.4. The Hall–Kier alpha value is -2.88. The first-order valence-electron chi connectivity index (χ1n) is 7.02.